The summed E-state index contributed by atoms with van der Waals surface area (Å²) >= 11 is 0. The first-order chi connectivity index (χ1) is 6.44. The Bertz CT molecular complexity index is 385. The highest BCUT2D eigenvalue weighted by Gasteiger charge is 2.20. The van der Waals surface area contributed by atoms with E-state index < -0.39 is 5.54 Å². The first-order valence-electron chi connectivity index (χ1n) is 4.18. The highest BCUT2D eigenvalue weighted by atomic mass is 16.5. The van der Waals surface area contributed by atoms with Crippen molar-refractivity contribution >= 4 is 5.91 Å². The molecule has 1 aromatic heterocycles. The zero-order valence-electron chi connectivity index (χ0n) is 8.42. The van der Waals surface area contributed by atoms with E-state index in [-0.39, 0.29) is 11.6 Å². The molecule has 0 saturated carbocycles. The predicted octanol–water partition coefficient (Wildman–Crippen LogP) is 1.12. The Hall–Kier alpha value is -1.76. The van der Waals surface area contributed by atoms with Gasteiger partial charge in [0, 0.05) is 6.07 Å². The number of hydrogen-bond acceptors (Lipinski definition) is 3. The highest BCUT2D eigenvalue weighted by molar-refractivity contribution is 5.92. The molecule has 1 aromatic rings. The Morgan fingerprint density at radius 3 is 2.79 bits per heavy atom. The molecule has 1 rings (SSSR count). The van der Waals surface area contributed by atoms with Gasteiger partial charge in [0.15, 0.2) is 5.69 Å². The molecule has 0 fully saturated rings. The molecule has 0 aliphatic carbocycles. The number of terminal acetylenes is 1. The van der Waals surface area contributed by atoms with Gasteiger partial charge in [-0.1, -0.05) is 11.1 Å². The molecule has 14 heavy (non-hydrogen) atoms. The molecular formula is C10H12N2O2. The second-order valence-corrected chi connectivity index (χ2v) is 3.55. The van der Waals surface area contributed by atoms with E-state index in [0.29, 0.717) is 5.76 Å². The lowest BCUT2D eigenvalue weighted by molar-refractivity contribution is 0.0920. The third-order valence-electron chi connectivity index (χ3n) is 1.65. The van der Waals surface area contributed by atoms with Gasteiger partial charge in [-0.25, -0.2) is 0 Å². The molecule has 0 spiro atoms. The molecule has 1 heterocycles. The van der Waals surface area contributed by atoms with Crippen molar-refractivity contribution in [3.8, 4) is 12.3 Å². The topological polar surface area (TPSA) is 55.1 Å². The summed E-state index contributed by atoms with van der Waals surface area (Å²) in [5.41, 5.74) is -0.435. The molecule has 1 N–H and O–H groups in total. The smallest absolute Gasteiger partial charge is 0.274 e. The van der Waals surface area contributed by atoms with Crippen LogP contribution in [0.15, 0.2) is 10.6 Å². The summed E-state index contributed by atoms with van der Waals surface area (Å²) in [6.45, 7) is 5.19. The lowest BCUT2D eigenvalue weighted by atomic mass is 10.1. The number of nitrogens with one attached hydrogen (secondary N) is 1. The molecule has 0 aromatic carbocycles. The van der Waals surface area contributed by atoms with Crippen LogP contribution in [0.2, 0.25) is 0 Å². The van der Waals surface area contributed by atoms with Crippen LogP contribution in [-0.4, -0.2) is 16.6 Å². The van der Waals surface area contributed by atoms with E-state index in [0.717, 1.165) is 0 Å². The lowest BCUT2D eigenvalue weighted by Crippen LogP contribution is -2.42. The molecule has 4 nitrogen and oxygen atoms in total. The Balaban J connectivity index is 2.74. The first-order valence-corrected chi connectivity index (χ1v) is 4.18. The minimum Gasteiger partial charge on any atom is -0.361 e. The average Bonchev–Trinajstić information content (AvgIpc) is 2.51. The van der Waals surface area contributed by atoms with E-state index in [4.69, 9.17) is 10.9 Å². The number of rotatable bonds is 2. The number of carbonyl (C=O) groups is 1. The van der Waals surface area contributed by atoms with Crippen molar-refractivity contribution in [2.24, 2.45) is 0 Å². The number of nitrogens with zero attached hydrogens (tertiary/aromatic N) is 1. The second-order valence-electron chi connectivity index (χ2n) is 3.55. The first kappa shape index (κ1) is 10.3. The van der Waals surface area contributed by atoms with Crippen molar-refractivity contribution in [2.45, 2.75) is 26.3 Å². The minimum atomic E-state index is -0.677. The van der Waals surface area contributed by atoms with Crippen LogP contribution in [0.25, 0.3) is 0 Å². The average molecular weight is 192 g/mol. The van der Waals surface area contributed by atoms with Crippen molar-refractivity contribution in [1.29, 1.82) is 0 Å². The van der Waals surface area contributed by atoms with E-state index in [2.05, 4.69) is 16.4 Å². The normalized spacial score (nSPS) is 10.7. The van der Waals surface area contributed by atoms with Gasteiger partial charge in [0.1, 0.15) is 5.76 Å². The summed E-state index contributed by atoms with van der Waals surface area (Å²) < 4.78 is 4.77. The van der Waals surface area contributed by atoms with Crippen molar-refractivity contribution in [3.63, 3.8) is 0 Å². The highest BCUT2D eigenvalue weighted by Crippen LogP contribution is 2.05. The van der Waals surface area contributed by atoms with E-state index in [1.165, 1.54) is 0 Å². The van der Waals surface area contributed by atoms with Gasteiger partial charge in [0.05, 0.1) is 5.54 Å². The van der Waals surface area contributed by atoms with Crippen LogP contribution in [0.1, 0.15) is 30.1 Å². The van der Waals surface area contributed by atoms with Gasteiger partial charge in [-0.2, -0.15) is 0 Å². The molecule has 0 aliphatic rings. The maximum atomic E-state index is 11.5. The Morgan fingerprint density at radius 1 is 1.71 bits per heavy atom. The third-order valence-corrected chi connectivity index (χ3v) is 1.65. The quantitative estimate of drug-likeness (QED) is 0.714. The van der Waals surface area contributed by atoms with E-state index >= 15 is 0 Å². The van der Waals surface area contributed by atoms with Crippen molar-refractivity contribution < 1.29 is 9.32 Å². The van der Waals surface area contributed by atoms with Crippen LogP contribution in [0.4, 0.5) is 0 Å². The van der Waals surface area contributed by atoms with Crippen LogP contribution in [-0.2, 0) is 0 Å². The maximum Gasteiger partial charge on any atom is 0.274 e. The Kier molecular flexibility index (Phi) is 2.61. The molecule has 0 unspecified atom stereocenters. The minimum absolute atomic E-state index is 0.242. The standard InChI is InChI=1S/C10H12N2O2/c1-5-10(3,4)11-9(13)8-6-7(2)14-12-8/h1,6H,2-4H3,(H,11,13). The van der Waals surface area contributed by atoms with Crippen molar-refractivity contribution in [3.05, 3.63) is 17.5 Å². The zero-order chi connectivity index (χ0) is 10.8. The van der Waals surface area contributed by atoms with Gasteiger partial charge in [0.2, 0.25) is 0 Å². The van der Waals surface area contributed by atoms with Gasteiger partial charge < -0.3 is 9.84 Å². The molecule has 0 aliphatic heterocycles. The predicted molar refractivity (Wildman–Crippen MR) is 51.6 cm³/mol. The Labute approximate surface area is 82.7 Å². The van der Waals surface area contributed by atoms with Gasteiger partial charge in [-0.3, -0.25) is 4.79 Å². The summed E-state index contributed by atoms with van der Waals surface area (Å²) in [5, 5.41) is 6.22. The van der Waals surface area contributed by atoms with Crippen molar-refractivity contribution in [2.75, 3.05) is 0 Å². The molecule has 1 amide bonds. The molecule has 0 radical (unpaired) electrons. The summed E-state index contributed by atoms with van der Waals surface area (Å²) in [4.78, 5) is 11.5. The summed E-state index contributed by atoms with van der Waals surface area (Å²) in [7, 11) is 0. The lowest BCUT2D eigenvalue weighted by Gasteiger charge is -2.18. The van der Waals surface area contributed by atoms with Gasteiger partial charge in [-0.05, 0) is 20.8 Å². The molecule has 4 heteroatoms. The van der Waals surface area contributed by atoms with Gasteiger partial charge >= 0.3 is 0 Å². The number of aromatic nitrogens is 1. The maximum absolute atomic E-state index is 11.5. The zero-order valence-corrected chi connectivity index (χ0v) is 8.42. The fourth-order valence-corrected chi connectivity index (χ4v) is 0.857. The number of carbonyl (C=O) groups excluding carboxylic acids is 1. The number of amides is 1. The van der Waals surface area contributed by atoms with Crippen LogP contribution in [0.5, 0.6) is 0 Å². The summed E-state index contributed by atoms with van der Waals surface area (Å²) in [5.74, 6) is 2.72. The largest absolute Gasteiger partial charge is 0.361 e. The molecule has 74 valence electrons. The number of hydrogen-bond donors (Lipinski definition) is 1. The third kappa shape index (κ3) is 2.36. The van der Waals surface area contributed by atoms with E-state index in [1.807, 2.05) is 0 Å². The fraction of sp³-hybridized carbons (Fsp3) is 0.400. The molecule has 0 bridgehead atoms. The molecule has 0 saturated heterocycles. The second kappa shape index (κ2) is 3.54. The van der Waals surface area contributed by atoms with E-state index in [9.17, 15) is 4.79 Å². The molecular weight excluding hydrogens is 180 g/mol. The summed E-state index contributed by atoms with van der Waals surface area (Å²) in [6, 6.07) is 1.56. The fourth-order valence-electron chi connectivity index (χ4n) is 0.857. The van der Waals surface area contributed by atoms with Crippen LogP contribution >= 0.6 is 0 Å². The monoisotopic (exact) mass is 192 g/mol. The van der Waals surface area contributed by atoms with Crippen LogP contribution < -0.4 is 5.32 Å². The molecule has 0 atom stereocenters. The summed E-state index contributed by atoms with van der Waals surface area (Å²) in [6.07, 6.45) is 5.23. The van der Waals surface area contributed by atoms with Gasteiger partial charge in [-0.15, -0.1) is 6.42 Å². The Morgan fingerprint density at radius 2 is 2.36 bits per heavy atom. The van der Waals surface area contributed by atoms with E-state index in [1.54, 1.807) is 26.8 Å². The van der Waals surface area contributed by atoms with Crippen LogP contribution in [0.3, 0.4) is 0 Å². The number of aryl methyl sites for hydroxylation is 1. The van der Waals surface area contributed by atoms with Crippen LogP contribution in [0, 0.1) is 19.3 Å². The van der Waals surface area contributed by atoms with Crippen molar-refractivity contribution in [1.82, 2.24) is 10.5 Å². The SMILES string of the molecule is C#CC(C)(C)NC(=O)c1cc(C)on1. The van der Waals surface area contributed by atoms with Gasteiger partial charge in [0.25, 0.3) is 5.91 Å².